The van der Waals surface area contributed by atoms with Crippen LogP contribution in [0.5, 0.6) is 0 Å². The third-order valence-corrected chi connectivity index (χ3v) is 16.5. The van der Waals surface area contributed by atoms with Crippen molar-refractivity contribution in [3.8, 4) is 43.1 Å². The normalized spacial score (nSPS) is 14.5. The standard InChI is InChI=1S/C25H28ClN3O3S2.C24H26ClN3OS.C6H15N.CH3ClO2S/c1-25(2,3)23-15-17(7-8-27-23)22-14-19(16-33-22)20-6-5-18(13-21(20)26)24(30)28-9-11-29(12-10-28)34(4,31)32;1-24(2,3)22-14-16(6-7-27-22)21-13-18(15-30-21)19-5-4-17(12-20(19)25)23(29)28-10-8-26-9-11-28;1-4-7(5-2)6-3;1-5(2,3)4/h5-8,13-16H,9-12H2,1-4H3;4-7,12-15,26H,8-11H2,1-3H3;4-6H2,1-3H3;1H3. The lowest BCUT2D eigenvalue weighted by atomic mass is 9.90. The second-order valence-electron chi connectivity index (χ2n) is 20.4. The summed E-state index contributed by atoms with van der Waals surface area (Å²) in [5.41, 5.74) is 9.39. The Morgan fingerprint density at radius 3 is 1.30 bits per heavy atom. The average Bonchev–Trinajstić information content (AvgIpc) is 4.08. The van der Waals surface area contributed by atoms with Crippen LogP contribution >= 0.6 is 56.6 Å². The molecule has 0 bridgehead atoms. The third-order valence-electron chi connectivity index (χ3n) is 12.6. The van der Waals surface area contributed by atoms with Crippen LogP contribution in [0, 0.1) is 0 Å². The van der Waals surface area contributed by atoms with Crippen LogP contribution in [0.3, 0.4) is 0 Å². The van der Waals surface area contributed by atoms with Gasteiger partial charge in [0.15, 0.2) is 0 Å². The Labute approximate surface area is 474 Å². The summed E-state index contributed by atoms with van der Waals surface area (Å²) < 4.78 is 43.6. The van der Waals surface area contributed by atoms with E-state index in [1.807, 2.05) is 47.6 Å². The maximum Gasteiger partial charge on any atom is 0.253 e. The number of piperazine rings is 2. The Bertz CT molecular complexity index is 3120. The van der Waals surface area contributed by atoms with E-state index in [0.717, 1.165) is 82.1 Å². The van der Waals surface area contributed by atoms with E-state index in [2.05, 4.69) is 128 Å². The second kappa shape index (κ2) is 27.5. The van der Waals surface area contributed by atoms with Gasteiger partial charge in [-0.1, -0.05) is 97.6 Å². The quantitative estimate of drug-likeness (QED) is 0.131. The predicted molar refractivity (Wildman–Crippen MR) is 319 cm³/mol. The number of hydrogen-bond donors (Lipinski definition) is 1. The number of thiophene rings is 2. The fourth-order valence-electron chi connectivity index (χ4n) is 8.14. The number of aromatic nitrogens is 2. The van der Waals surface area contributed by atoms with Gasteiger partial charge in [-0.15, -0.1) is 22.7 Å². The summed E-state index contributed by atoms with van der Waals surface area (Å²) in [4.78, 5) is 43.0. The van der Waals surface area contributed by atoms with Gasteiger partial charge in [-0.05, 0) is 113 Å². The van der Waals surface area contributed by atoms with Crippen molar-refractivity contribution in [2.24, 2.45) is 0 Å². The fraction of sp³-hybridized carbons (Fsp3) is 0.429. The molecule has 0 spiro atoms. The van der Waals surface area contributed by atoms with Crippen LogP contribution in [0.2, 0.25) is 10.0 Å². The lowest BCUT2D eigenvalue weighted by molar-refractivity contribution is 0.0697. The number of rotatable bonds is 10. The summed E-state index contributed by atoms with van der Waals surface area (Å²) >= 11 is 16.5. The Balaban J connectivity index is 0.000000232. The SMILES string of the molecule is CC(C)(C)c1cc(-c2cc(-c3ccc(C(=O)N4CCN(S(C)(=O)=O)CC4)cc3Cl)cs2)ccn1.CC(C)(C)c1cc(-c2cc(-c3ccc(C(=O)N4CCNCC4)cc3Cl)cs2)ccn1.CCN(CC)CC.CS(=O)(=O)Cl. The number of amides is 2. The van der Waals surface area contributed by atoms with Crippen molar-refractivity contribution in [1.29, 1.82) is 0 Å². The molecule has 20 heteroatoms. The van der Waals surface area contributed by atoms with Crippen molar-refractivity contribution in [3.63, 3.8) is 0 Å². The number of carbonyl (C=O) groups excluding carboxylic acids is 2. The van der Waals surface area contributed by atoms with Gasteiger partial charge in [0.1, 0.15) is 0 Å². The van der Waals surface area contributed by atoms with E-state index in [4.69, 9.17) is 23.2 Å². The zero-order chi connectivity index (χ0) is 56.2. The van der Waals surface area contributed by atoms with Gasteiger partial charge in [-0.2, -0.15) is 4.31 Å². The fourth-order valence-corrected chi connectivity index (χ4v) is 11.4. The summed E-state index contributed by atoms with van der Waals surface area (Å²) in [6, 6.07) is 23.6. The predicted octanol–water partition coefficient (Wildman–Crippen LogP) is 12.2. The van der Waals surface area contributed by atoms with Gasteiger partial charge >= 0.3 is 0 Å². The number of pyridine rings is 2. The largest absolute Gasteiger partial charge is 0.336 e. The highest BCUT2D eigenvalue weighted by molar-refractivity contribution is 8.13. The molecule has 2 aliphatic heterocycles. The number of sulfonamides is 1. The molecule has 0 saturated carbocycles. The topological polar surface area (TPSA) is 153 Å². The van der Waals surface area contributed by atoms with Gasteiger partial charge in [-0.25, -0.2) is 16.8 Å². The molecule has 4 aromatic heterocycles. The number of benzene rings is 2. The number of halogens is 3. The van der Waals surface area contributed by atoms with Crippen molar-refractivity contribution in [2.45, 2.75) is 73.1 Å². The van der Waals surface area contributed by atoms with Crippen molar-refractivity contribution in [3.05, 3.63) is 129 Å². The van der Waals surface area contributed by atoms with Crippen LogP contribution in [0.15, 0.2) is 96.0 Å². The van der Waals surface area contributed by atoms with E-state index < -0.39 is 19.1 Å². The Morgan fingerprint density at radius 1 is 0.592 bits per heavy atom. The summed E-state index contributed by atoms with van der Waals surface area (Å²) in [5.74, 6) is -0.0958. The van der Waals surface area contributed by atoms with Crippen LogP contribution < -0.4 is 5.32 Å². The molecule has 1 N–H and O–H groups in total. The number of carbonyl (C=O) groups is 2. The lowest BCUT2D eigenvalue weighted by Crippen LogP contribution is -2.50. The minimum atomic E-state index is -3.24. The minimum absolute atomic E-state index is 0.00615. The first kappa shape index (κ1) is 62.6. The molecule has 76 heavy (non-hydrogen) atoms. The number of nitrogens with zero attached hydrogens (tertiary/aromatic N) is 6. The molecule has 2 fully saturated rings. The lowest BCUT2D eigenvalue weighted by Gasteiger charge is -2.33. The van der Waals surface area contributed by atoms with Gasteiger partial charge in [0.2, 0.25) is 19.1 Å². The molecule has 13 nitrogen and oxygen atoms in total. The van der Waals surface area contributed by atoms with E-state index in [1.165, 1.54) is 35.1 Å². The van der Waals surface area contributed by atoms with Crippen molar-refractivity contribution < 1.29 is 26.4 Å². The molecule has 0 radical (unpaired) electrons. The van der Waals surface area contributed by atoms with Gasteiger partial charge in [0.05, 0.1) is 12.5 Å². The molecule has 6 heterocycles. The molecule has 8 rings (SSSR count). The van der Waals surface area contributed by atoms with Crippen LogP contribution in [0.4, 0.5) is 0 Å². The molecule has 0 atom stereocenters. The van der Waals surface area contributed by atoms with Crippen LogP contribution in [0.1, 0.15) is 94.4 Å². The first-order valence-corrected chi connectivity index (χ1v) is 32.3. The van der Waals surface area contributed by atoms with Gasteiger partial charge < -0.3 is 20.0 Å². The number of hydrogen-bond acceptors (Lipinski definition) is 12. The summed E-state index contributed by atoms with van der Waals surface area (Å²) in [6.07, 6.45) is 5.84. The van der Waals surface area contributed by atoms with Gasteiger partial charge in [0, 0.05) is 140 Å². The highest BCUT2D eigenvalue weighted by Gasteiger charge is 2.27. The van der Waals surface area contributed by atoms with E-state index >= 15 is 0 Å². The van der Waals surface area contributed by atoms with E-state index in [9.17, 15) is 26.4 Å². The van der Waals surface area contributed by atoms with Crippen molar-refractivity contribution in [1.82, 2.24) is 34.3 Å². The smallest absolute Gasteiger partial charge is 0.253 e. The summed E-state index contributed by atoms with van der Waals surface area (Å²) in [6.45, 7) is 27.5. The van der Waals surface area contributed by atoms with E-state index in [-0.39, 0.29) is 22.6 Å². The molecule has 0 unspecified atom stereocenters. The molecule has 2 saturated heterocycles. The maximum atomic E-state index is 13.0. The number of nitrogens with one attached hydrogen (secondary N) is 1. The molecule has 6 aromatic rings. The highest BCUT2D eigenvalue weighted by Crippen LogP contribution is 2.39. The van der Waals surface area contributed by atoms with Crippen molar-refractivity contribution in [2.75, 3.05) is 84.5 Å². The van der Waals surface area contributed by atoms with Crippen LogP contribution in [-0.4, -0.2) is 142 Å². The van der Waals surface area contributed by atoms with E-state index in [1.54, 1.807) is 45.8 Å². The third kappa shape index (κ3) is 18.4. The van der Waals surface area contributed by atoms with Crippen LogP contribution in [0.25, 0.3) is 43.1 Å². The second-order valence-corrected chi connectivity index (χ2v) is 28.1. The molecule has 2 amide bonds. The van der Waals surface area contributed by atoms with Gasteiger partial charge in [0.25, 0.3) is 11.8 Å². The summed E-state index contributed by atoms with van der Waals surface area (Å²) in [7, 11) is -1.93. The Morgan fingerprint density at radius 2 is 0.974 bits per heavy atom. The maximum absolute atomic E-state index is 13.0. The Hall–Kier alpha value is -4.27. The zero-order valence-corrected chi connectivity index (χ0v) is 50.9. The van der Waals surface area contributed by atoms with Crippen LogP contribution in [-0.2, 0) is 29.9 Å². The minimum Gasteiger partial charge on any atom is -0.336 e. The molecular formula is C56H72Cl3N7O6S4. The Kier molecular flexibility index (Phi) is 22.7. The van der Waals surface area contributed by atoms with E-state index in [0.29, 0.717) is 47.4 Å². The highest BCUT2D eigenvalue weighted by atomic mass is 35.7. The molecule has 2 aliphatic rings. The first-order chi connectivity index (χ1) is 35.6. The molecule has 412 valence electrons. The first-order valence-electron chi connectivity index (χ1n) is 25.2. The summed E-state index contributed by atoms with van der Waals surface area (Å²) in [5, 5.41) is 8.56. The van der Waals surface area contributed by atoms with Gasteiger partial charge in [-0.3, -0.25) is 19.6 Å². The average molecular weight is 1170 g/mol. The zero-order valence-electron chi connectivity index (χ0n) is 45.4. The van der Waals surface area contributed by atoms with Crippen molar-refractivity contribution >= 4 is 87.4 Å². The molecule has 2 aromatic carbocycles. The monoisotopic (exact) mass is 1170 g/mol. The molecule has 0 aliphatic carbocycles. The molecular weight excluding hydrogens is 1100 g/mol.